The summed E-state index contributed by atoms with van der Waals surface area (Å²) < 4.78 is 7.92. The van der Waals surface area contributed by atoms with Crippen LogP contribution in [0.4, 0.5) is 0 Å². The fourth-order valence-corrected chi connectivity index (χ4v) is 5.32. The zero-order valence-electron chi connectivity index (χ0n) is 24.9. The summed E-state index contributed by atoms with van der Waals surface area (Å²) in [5.74, 6) is 0.306. The fourth-order valence-electron chi connectivity index (χ4n) is 5.32. The molecule has 8 nitrogen and oxygen atoms in total. The van der Waals surface area contributed by atoms with Crippen molar-refractivity contribution in [2.75, 3.05) is 27.2 Å². The Morgan fingerprint density at radius 2 is 1.51 bits per heavy atom. The second-order valence-electron chi connectivity index (χ2n) is 12.0. The molecule has 39 heavy (non-hydrogen) atoms. The first kappa shape index (κ1) is 36.0. The van der Waals surface area contributed by atoms with E-state index >= 15 is 0 Å². The number of aromatic amines is 1. The van der Waals surface area contributed by atoms with E-state index in [4.69, 9.17) is 4.74 Å². The van der Waals surface area contributed by atoms with E-state index in [1.165, 1.54) is 81.4 Å². The minimum absolute atomic E-state index is 0. The van der Waals surface area contributed by atoms with Crippen LogP contribution in [0.2, 0.25) is 0 Å². The van der Waals surface area contributed by atoms with Crippen molar-refractivity contribution in [3.63, 3.8) is 0 Å². The smallest absolute Gasteiger partial charge is 0.330 e. The highest BCUT2D eigenvalue weighted by Gasteiger charge is 2.39. The van der Waals surface area contributed by atoms with Crippen molar-refractivity contribution < 1.29 is 43.1 Å². The summed E-state index contributed by atoms with van der Waals surface area (Å²) in [4.78, 5) is 38.6. The molecule has 226 valence electrons. The number of aliphatic hydroxyl groups is 1. The van der Waals surface area contributed by atoms with Crippen molar-refractivity contribution in [1.29, 1.82) is 0 Å². The van der Waals surface area contributed by atoms with Gasteiger partial charge in [-0.2, -0.15) is 0 Å². The number of carbonyl (C=O) groups is 1. The van der Waals surface area contributed by atoms with E-state index in [9.17, 15) is 19.5 Å². The summed E-state index contributed by atoms with van der Waals surface area (Å²) >= 11 is 0. The Kier molecular flexibility index (Phi) is 17.7. The summed E-state index contributed by atoms with van der Waals surface area (Å²) in [6, 6.07) is 0. The second-order valence-corrected chi connectivity index (χ2v) is 12.0. The molecule has 1 fully saturated rings. The highest BCUT2D eigenvalue weighted by molar-refractivity contribution is 5.78. The lowest BCUT2D eigenvalue weighted by Gasteiger charge is -2.32. The van der Waals surface area contributed by atoms with E-state index in [1.807, 2.05) is 14.1 Å². The minimum atomic E-state index is -0.710. The van der Waals surface area contributed by atoms with Gasteiger partial charge in [0, 0.05) is 24.6 Å². The van der Waals surface area contributed by atoms with Gasteiger partial charge in [-0.15, -0.1) is 0 Å². The topological polar surface area (TPSA) is 101 Å². The van der Waals surface area contributed by atoms with Crippen LogP contribution in [0.25, 0.3) is 0 Å². The third-order valence-electron chi connectivity index (χ3n) is 7.89. The Labute approximate surface area is 252 Å². The molecule has 2 heterocycles. The van der Waals surface area contributed by atoms with Crippen LogP contribution in [-0.4, -0.2) is 64.3 Å². The highest BCUT2D eigenvalue weighted by Crippen LogP contribution is 2.29. The summed E-state index contributed by atoms with van der Waals surface area (Å²) in [6.07, 6.45) is 18.1. The molecule has 1 aliphatic rings. The largest absolute Gasteiger partial charge is 1.00 e. The first-order valence-corrected chi connectivity index (χ1v) is 15.1. The van der Waals surface area contributed by atoms with Crippen molar-refractivity contribution in [3.8, 4) is 0 Å². The van der Waals surface area contributed by atoms with Crippen LogP contribution in [0.3, 0.4) is 0 Å². The number of Topliss-reactive ketones (excluding diaryl/α,β-unsaturated/α-hetero) is 1. The summed E-state index contributed by atoms with van der Waals surface area (Å²) in [5, 5.41) is 10.6. The van der Waals surface area contributed by atoms with Crippen LogP contribution in [0, 0.1) is 6.92 Å². The molecule has 0 radical (unpaired) electrons. The molecule has 1 saturated heterocycles. The van der Waals surface area contributed by atoms with Crippen molar-refractivity contribution >= 4 is 5.78 Å². The van der Waals surface area contributed by atoms with E-state index in [0.29, 0.717) is 41.8 Å². The number of ketones is 1. The summed E-state index contributed by atoms with van der Waals surface area (Å²) in [6.45, 7) is 5.12. The maximum Gasteiger partial charge on any atom is 0.330 e. The number of H-pyrrole nitrogens is 1. The molecule has 3 atom stereocenters. The number of aryl methyl sites for hydroxylation is 1. The number of hydrogen-bond acceptors (Lipinski definition) is 5. The monoisotopic (exact) mass is 663 g/mol. The van der Waals surface area contributed by atoms with Gasteiger partial charge in [0.15, 0.2) is 0 Å². The normalized spacial score (nSPS) is 19.3. The summed E-state index contributed by atoms with van der Waals surface area (Å²) in [5.41, 5.74) is -0.530. The van der Waals surface area contributed by atoms with Crippen LogP contribution in [-0.2, 0) is 9.53 Å². The van der Waals surface area contributed by atoms with Crippen molar-refractivity contribution in [3.05, 3.63) is 32.6 Å². The van der Waals surface area contributed by atoms with Crippen LogP contribution < -0.4 is 35.2 Å². The molecule has 0 spiro atoms. The Morgan fingerprint density at radius 3 is 2.08 bits per heavy atom. The number of carbonyl (C=O) groups excluding carboxylic acids is 1. The zero-order valence-corrected chi connectivity index (χ0v) is 27.0. The number of halogens is 1. The number of nitrogens with one attached hydrogen (secondary N) is 1. The fraction of sp³-hybridized carbons (Fsp3) is 0.833. The number of aromatic nitrogens is 2. The lowest BCUT2D eigenvalue weighted by atomic mass is 10.0. The first-order chi connectivity index (χ1) is 18.1. The lowest BCUT2D eigenvalue weighted by Crippen LogP contribution is -3.00. The van der Waals surface area contributed by atoms with E-state index < -0.39 is 29.7 Å². The molecule has 0 amide bonds. The first-order valence-electron chi connectivity index (χ1n) is 15.1. The molecule has 1 aliphatic heterocycles. The maximum atomic E-state index is 12.5. The molecule has 0 aromatic carbocycles. The van der Waals surface area contributed by atoms with Gasteiger partial charge in [-0.25, -0.2) is 4.79 Å². The minimum Gasteiger partial charge on any atom is -1.00 e. The predicted octanol–water partition coefficient (Wildman–Crippen LogP) is 2.01. The maximum absolute atomic E-state index is 12.5. The number of ether oxygens (including phenoxy) is 1. The third kappa shape index (κ3) is 13.9. The number of hydrogen-bond donors (Lipinski definition) is 2. The van der Waals surface area contributed by atoms with E-state index in [0.717, 1.165) is 12.8 Å². The van der Waals surface area contributed by atoms with Gasteiger partial charge in [-0.3, -0.25) is 19.1 Å². The number of nitrogens with zero attached hydrogens (tertiary/aromatic N) is 2. The average molecular weight is 664 g/mol. The molecule has 2 rings (SSSR count). The molecular weight excluding hydrogens is 609 g/mol. The van der Waals surface area contributed by atoms with Gasteiger partial charge in [-0.1, -0.05) is 84.0 Å². The highest BCUT2D eigenvalue weighted by atomic mass is 127. The number of rotatable bonds is 20. The molecule has 2 N–H and O–H groups in total. The van der Waals surface area contributed by atoms with Gasteiger partial charge in [0.2, 0.25) is 0 Å². The van der Waals surface area contributed by atoms with Crippen molar-refractivity contribution in [2.45, 2.75) is 135 Å². The zero-order chi connectivity index (χ0) is 28.0. The van der Waals surface area contributed by atoms with E-state index in [2.05, 4.69) is 11.9 Å². The van der Waals surface area contributed by atoms with Gasteiger partial charge >= 0.3 is 5.69 Å². The number of unbranched alkanes of at least 4 members (excludes halogenated alkanes) is 12. The lowest BCUT2D eigenvalue weighted by molar-refractivity contribution is -0.893. The standard InChI is InChI=1S/C30H53N3O5.HI/c1-5-6-7-8-9-10-11-12-13-14-15-16-17-18-25(34)19-20-33(3,4)23-27-26(35)21-28(38-27)32-22-24(2)29(36)31-30(32)37;/h22,26-28,35H,5-21,23H2,1-4H3;1H. The van der Waals surface area contributed by atoms with Crippen LogP contribution >= 0.6 is 0 Å². The SMILES string of the molecule is CCCCCCCCCCCCCCCC(=O)CC[N+](C)(C)CC1OC(n2cc(C)c(=O)[nH]c2=O)CC1O.[I-]. The van der Waals surface area contributed by atoms with Crippen LogP contribution in [0.15, 0.2) is 15.8 Å². The van der Waals surface area contributed by atoms with Crippen molar-refractivity contribution in [2.24, 2.45) is 0 Å². The molecule has 3 unspecified atom stereocenters. The van der Waals surface area contributed by atoms with Crippen LogP contribution in [0.5, 0.6) is 0 Å². The Morgan fingerprint density at radius 1 is 0.974 bits per heavy atom. The quantitative estimate of drug-likeness (QED) is 0.126. The Bertz CT molecular complexity index is 945. The molecule has 0 saturated carbocycles. The van der Waals surface area contributed by atoms with Crippen LogP contribution in [0.1, 0.15) is 121 Å². The molecular formula is C30H54IN3O5. The van der Waals surface area contributed by atoms with Gasteiger partial charge < -0.3 is 38.3 Å². The summed E-state index contributed by atoms with van der Waals surface area (Å²) in [7, 11) is 4.08. The molecule has 9 heteroatoms. The van der Waals surface area contributed by atoms with Gasteiger partial charge in [0.1, 0.15) is 24.7 Å². The Balaban J connectivity index is 0.00000760. The van der Waals surface area contributed by atoms with Gasteiger partial charge in [0.05, 0.1) is 33.2 Å². The third-order valence-corrected chi connectivity index (χ3v) is 7.89. The van der Waals surface area contributed by atoms with E-state index in [1.54, 1.807) is 6.92 Å². The molecule has 0 bridgehead atoms. The number of quaternary nitrogens is 1. The van der Waals surface area contributed by atoms with Gasteiger partial charge in [0.25, 0.3) is 5.56 Å². The molecule has 1 aromatic heterocycles. The number of likely N-dealkylation sites (N-methyl/N-ethyl adjacent to an activating group) is 1. The predicted molar refractivity (Wildman–Crippen MR) is 152 cm³/mol. The molecule has 0 aliphatic carbocycles. The second kappa shape index (κ2) is 19.1. The average Bonchev–Trinajstić information content (AvgIpc) is 3.22. The Hall–Kier alpha value is -1.04. The van der Waals surface area contributed by atoms with E-state index in [-0.39, 0.29) is 30.4 Å². The van der Waals surface area contributed by atoms with Gasteiger partial charge in [-0.05, 0) is 13.3 Å². The molecule has 1 aromatic rings. The number of aliphatic hydroxyl groups excluding tert-OH is 1. The van der Waals surface area contributed by atoms with Crippen molar-refractivity contribution in [1.82, 2.24) is 9.55 Å².